The van der Waals surface area contributed by atoms with E-state index in [1.165, 1.54) is 0 Å². The minimum absolute atomic E-state index is 0. The zero-order valence-electron chi connectivity index (χ0n) is 7.63. The first-order valence-electron chi connectivity index (χ1n) is 3.69. The number of nitrogens with two attached hydrogens (primary N) is 1. The van der Waals surface area contributed by atoms with E-state index in [9.17, 15) is 9.59 Å². The number of aromatic nitrogens is 2. The quantitative estimate of drug-likeness (QED) is 0.403. The molecule has 0 bridgehead atoms. The van der Waals surface area contributed by atoms with E-state index in [2.05, 4.69) is 10.2 Å². The Labute approximate surface area is 102 Å². The second kappa shape index (κ2) is 4.00. The Kier molecular flexibility index (Phi) is 3.15. The van der Waals surface area contributed by atoms with Crippen LogP contribution in [0.4, 0.5) is 5.69 Å². The van der Waals surface area contributed by atoms with Crippen LogP contribution >= 0.6 is 0 Å². The predicted octanol–water partition coefficient (Wildman–Crippen LogP) is -0.336. The molecule has 5 nitrogen and oxygen atoms in total. The first-order valence-corrected chi connectivity index (χ1v) is 3.69. The number of H-pyrrole nitrogens is 2. The maximum atomic E-state index is 11.2. The summed E-state index contributed by atoms with van der Waals surface area (Å²) in [4.78, 5) is 22.4. The molecule has 0 aliphatic rings. The van der Waals surface area contributed by atoms with Gasteiger partial charge in [-0.05, 0) is 12.1 Å². The van der Waals surface area contributed by atoms with Crippen molar-refractivity contribution in [3.05, 3.63) is 38.9 Å². The van der Waals surface area contributed by atoms with Crippen molar-refractivity contribution in [3.8, 4) is 0 Å². The number of benzene rings is 1. The van der Waals surface area contributed by atoms with Gasteiger partial charge in [0.15, 0.2) is 0 Å². The Morgan fingerprint density at radius 1 is 1.14 bits per heavy atom. The summed E-state index contributed by atoms with van der Waals surface area (Å²) < 4.78 is 0. The van der Waals surface area contributed by atoms with E-state index < -0.39 is 0 Å². The van der Waals surface area contributed by atoms with Crippen molar-refractivity contribution in [1.29, 1.82) is 0 Å². The van der Waals surface area contributed by atoms with Crippen LogP contribution in [-0.4, -0.2) is 39.8 Å². The normalized spacial score (nSPS) is 9.71. The number of hydrogen-bond acceptors (Lipinski definition) is 3. The second-order valence-corrected chi connectivity index (χ2v) is 2.68. The summed E-state index contributed by atoms with van der Waals surface area (Å²) in [6.45, 7) is 0. The molecule has 0 fully saturated rings. The summed E-state index contributed by atoms with van der Waals surface area (Å²) >= 11 is 0. The molecule has 2 rings (SSSR count). The maximum Gasteiger partial charge on any atom is 0.272 e. The number of hydrogen-bond donors (Lipinski definition) is 3. The number of rotatable bonds is 0. The zero-order valence-corrected chi connectivity index (χ0v) is 9.63. The molecule has 0 amide bonds. The Morgan fingerprint density at radius 2 is 1.79 bits per heavy atom. The Bertz CT molecular complexity index is 578. The first kappa shape index (κ1) is 11.0. The molecule has 0 atom stereocenters. The van der Waals surface area contributed by atoms with Crippen molar-refractivity contribution in [2.45, 2.75) is 0 Å². The van der Waals surface area contributed by atoms with E-state index in [4.69, 9.17) is 5.73 Å². The number of aromatic amines is 2. The van der Waals surface area contributed by atoms with Crippen LogP contribution in [-0.2, 0) is 0 Å². The summed E-state index contributed by atoms with van der Waals surface area (Å²) in [5.74, 6) is 0. The second-order valence-electron chi connectivity index (χ2n) is 2.68. The molecule has 1 aromatic carbocycles. The van der Waals surface area contributed by atoms with Gasteiger partial charge in [-0.25, -0.2) is 0 Å². The molecule has 0 spiro atoms. The number of nitrogen functional groups attached to an aromatic ring is 1. The fourth-order valence-corrected chi connectivity index (χ4v) is 1.26. The van der Waals surface area contributed by atoms with E-state index in [-0.39, 0.29) is 47.5 Å². The standard InChI is InChI=1S/C8H7N3O2.Na.H2/c9-5-3-1-2-4-6(5)8(13)11-10-7(4)12;;/h1-3H,9H2,(H,10,12)(H,11,13);;1H. The van der Waals surface area contributed by atoms with Crippen molar-refractivity contribution in [1.82, 2.24) is 10.2 Å². The summed E-state index contributed by atoms with van der Waals surface area (Å²) in [6.07, 6.45) is 0. The average Bonchev–Trinajstić information content (AvgIpc) is 2.12. The van der Waals surface area contributed by atoms with Gasteiger partial charge in [0, 0.05) is 36.7 Å². The predicted molar refractivity (Wildman–Crippen MR) is 57.5 cm³/mol. The molecule has 1 radical (unpaired) electrons. The average molecular weight is 202 g/mol. The molecular weight excluding hydrogens is 193 g/mol. The van der Waals surface area contributed by atoms with E-state index in [1.54, 1.807) is 18.2 Å². The van der Waals surface area contributed by atoms with Gasteiger partial charge < -0.3 is 5.73 Å². The van der Waals surface area contributed by atoms with Gasteiger partial charge in [-0.1, -0.05) is 6.07 Å². The molecular formula is C8H9N3NaO2. The third-order valence-electron chi connectivity index (χ3n) is 1.86. The van der Waals surface area contributed by atoms with Crippen LogP contribution in [0.15, 0.2) is 27.8 Å². The van der Waals surface area contributed by atoms with Crippen LogP contribution in [0.2, 0.25) is 0 Å². The molecule has 4 N–H and O–H groups in total. The van der Waals surface area contributed by atoms with Gasteiger partial charge in [0.2, 0.25) is 0 Å². The largest absolute Gasteiger partial charge is 0.398 e. The van der Waals surface area contributed by atoms with Crippen LogP contribution in [0.5, 0.6) is 0 Å². The fraction of sp³-hybridized carbons (Fsp3) is 0. The molecule has 69 valence electrons. The van der Waals surface area contributed by atoms with Crippen LogP contribution in [0.3, 0.4) is 0 Å². The molecule has 0 unspecified atom stereocenters. The van der Waals surface area contributed by atoms with Crippen molar-refractivity contribution in [2.24, 2.45) is 0 Å². The van der Waals surface area contributed by atoms with Crippen molar-refractivity contribution < 1.29 is 1.43 Å². The van der Waals surface area contributed by atoms with Gasteiger partial charge in [0.25, 0.3) is 11.1 Å². The van der Waals surface area contributed by atoms with Gasteiger partial charge >= 0.3 is 0 Å². The van der Waals surface area contributed by atoms with E-state index in [1.807, 2.05) is 0 Å². The van der Waals surface area contributed by atoms with Crippen molar-refractivity contribution in [3.63, 3.8) is 0 Å². The molecule has 14 heavy (non-hydrogen) atoms. The SMILES string of the molecule is Nc1cccc2c(=O)[nH][nH]c(=O)c12.[HH].[Na]. The molecule has 0 aliphatic heterocycles. The minimum Gasteiger partial charge on any atom is -0.398 e. The van der Waals surface area contributed by atoms with E-state index in [0.717, 1.165) is 0 Å². The third kappa shape index (κ3) is 1.61. The summed E-state index contributed by atoms with van der Waals surface area (Å²) in [6, 6.07) is 4.77. The summed E-state index contributed by atoms with van der Waals surface area (Å²) in [5, 5.41) is 4.98. The van der Waals surface area contributed by atoms with Crippen LogP contribution in [0.1, 0.15) is 1.43 Å². The van der Waals surface area contributed by atoms with Crippen molar-refractivity contribution in [2.75, 3.05) is 5.73 Å². The molecule has 6 heteroatoms. The van der Waals surface area contributed by atoms with Crippen LogP contribution in [0.25, 0.3) is 10.8 Å². The number of nitrogens with one attached hydrogen (secondary N) is 2. The van der Waals surface area contributed by atoms with E-state index in [0.29, 0.717) is 11.1 Å². The Balaban J connectivity index is 0.000000980. The van der Waals surface area contributed by atoms with Gasteiger partial charge in [0.1, 0.15) is 0 Å². The summed E-state index contributed by atoms with van der Waals surface area (Å²) in [5.41, 5.74) is 5.14. The number of anilines is 1. The van der Waals surface area contributed by atoms with Gasteiger partial charge in [0.05, 0.1) is 10.8 Å². The molecule has 0 saturated carbocycles. The molecule has 0 aliphatic carbocycles. The zero-order chi connectivity index (χ0) is 9.42. The van der Waals surface area contributed by atoms with Gasteiger partial charge in [-0.2, -0.15) is 0 Å². The summed E-state index contributed by atoms with van der Waals surface area (Å²) in [7, 11) is 0. The smallest absolute Gasteiger partial charge is 0.272 e. The molecule has 2 aromatic rings. The first-order chi connectivity index (χ1) is 6.20. The maximum absolute atomic E-state index is 11.2. The van der Waals surface area contributed by atoms with Gasteiger partial charge in [-0.15, -0.1) is 0 Å². The fourth-order valence-electron chi connectivity index (χ4n) is 1.26. The van der Waals surface area contributed by atoms with Gasteiger partial charge in [-0.3, -0.25) is 19.8 Å². The minimum atomic E-state index is -0.382. The van der Waals surface area contributed by atoms with Crippen molar-refractivity contribution >= 4 is 46.0 Å². The number of fused-ring (bicyclic) bond motifs is 1. The molecule has 0 saturated heterocycles. The topological polar surface area (TPSA) is 91.7 Å². The van der Waals surface area contributed by atoms with Crippen LogP contribution < -0.4 is 16.9 Å². The molecule has 1 aromatic heterocycles. The monoisotopic (exact) mass is 202 g/mol. The van der Waals surface area contributed by atoms with E-state index >= 15 is 0 Å². The third-order valence-corrected chi connectivity index (χ3v) is 1.86. The Morgan fingerprint density at radius 3 is 2.43 bits per heavy atom. The molecule has 1 heterocycles. The van der Waals surface area contributed by atoms with Crippen LogP contribution in [0, 0.1) is 0 Å². The Hall–Kier alpha value is -1.04.